The molecule has 8 heteroatoms. The molecule has 1 unspecified atom stereocenters. The summed E-state index contributed by atoms with van der Waals surface area (Å²) in [5.74, 6) is 0.809. The fourth-order valence-electron chi connectivity index (χ4n) is 2.32. The molecule has 0 N–H and O–H groups in total. The molecule has 2 heterocycles. The number of nitrogens with zero attached hydrogens (tertiary/aromatic N) is 3. The van der Waals surface area contributed by atoms with Crippen LogP contribution in [0.5, 0.6) is 11.5 Å². The first-order valence-corrected chi connectivity index (χ1v) is 6.99. The van der Waals surface area contributed by atoms with Gasteiger partial charge in [0, 0.05) is 19.4 Å². The fourth-order valence-corrected chi connectivity index (χ4v) is 2.32. The van der Waals surface area contributed by atoms with Crippen LogP contribution in [-0.4, -0.2) is 40.1 Å². The van der Waals surface area contributed by atoms with Gasteiger partial charge in [-0.3, -0.25) is 9.36 Å². The molecule has 1 aromatic carbocycles. The van der Waals surface area contributed by atoms with Crippen LogP contribution in [0.4, 0.5) is 8.78 Å². The number of hydrogen-bond donors (Lipinski definition) is 0. The van der Waals surface area contributed by atoms with Crippen molar-refractivity contribution in [2.75, 3.05) is 13.7 Å². The van der Waals surface area contributed by atoms with Crippen LogP contribution in [0.15, 0.2) is 36.7 Å². The first-order valence-electron chi connectivity index (χ1n) is 6.99. The summed E-state index contributed by atoms with van der Waals surface area (Å²) in [6.45, 7) is -2.67. The van der Waals surface area contributed by atoms with Gasteiger partial charge in [0.05, 0.1) is 6.54 Å². The van der Waals surface area contributed by atoms with Crippen molar-refractivity contribution in [3.8, 4) is 11.5 Å². The highest BCUT2D eigenvalue weighted by molar-refractivity contribution is 5.81. The van der Waals surface area contributed by atoms with Gasteiger partial charge in [0.25, 0.3) is 5.91 Å². The molecule has 0 aliphatic carbocycles. The zero-order valence-electron chi connectivity index (χ0n) is 12.4. The summed E-state index contributed by atoms with van der Waals surface area (Å²) in [6.07, 6.45) is 1.63. The van der Waals surface area contributed by atoms with Crippen LogP contribution in [0, 0.1) is 0 Å². The fraction of sp³-hybridized carbons (Fsp3) is 0.333. The van der Waals surface area contributed by atoms with Gasteiger partial charge in [0.2, 0.25) is 6.10 Å². The molecular formula is C15H15F2N3O3. The minimum absolute atomic E-state index is 0.0440. The number of hydrogen-bond acceptors (Lipinski definition) is 4. The highest BCUT2D eigenvalue weighted by atomic mass is 19.3. The Morgan fingerprint density at radius 3 is 2.91 bits per heavy atom. The number of ether oxygens (including phenoxy) is 2. The minimum atomic E-state index is -2.70. The van der Waals surface area contributed by atoms with E-state index in [4.69, 9.17) is 9.47 Å². The number of rotatable bonds is 4. The van der Waals surface area contributed by atoms with Gasteiger partial charge >= 0.3 is 6.55 Å². The average Bonchev–Trinajstić information content (AvgIpc) is 3.02. The van der Waals surface area contributed by atoms with E-state index in [1.165, 1.54) is 24.3 Å². The smallest absolute Gasteiger partial charge is 0.319 e. The highest BCUT2D eigenvalue weighted by Crippen LogP contribution is 2.31. The first kappa shape index (κ1) is 15.3. The second-order valence-corrected chi connectivity index (χ2v) is 5.09. The molecule has 1 aliphatic rings. The number of benzene rings is 1. The van der Waals surface area contributed by atoms with E-state index < -0.39 is 12.7 Å². The van der Waals surface area contributed by atoms with Crippen molar-refractivity contribution >= 4 is 5.91 Å². The van der Waals surface area contributed by atoms with Gasteiger partial charge in [0.15, 0.2) is 11.5 Å². The number of fused-ring (bicyclic) bond motifs is 1. The van der Waals surface area contributed by atoms with Crippen molar-refractivity contribution in [2.24, 2.45) is 0 Å². The van der Waals surface area contributed by atoms with Crippen LogP contribution < -0.4 is 9.47 Å². The van der Waals surface area contributed by atoms with Gasteiger partial charge in [-0.05, 0) is 12.1 Å². The Kier molecular flexibility index (Phi) is 4.14. The number of likely N-dealkylation sites (N-methyl/N-ethyl adjacent to an activating group) is 1. The molecule has 0 spiro atoms. The molecule has 2 aromatic rings. The van der Waals surface area contributed by atoms with Crippen molar-refractivity contribution in [3.05, 3.63) is 42.5 Å². The summed E-state index contributed by atoms with van der Waals surface area (Å²) in [4.78, 5) is 17.6. The van der Waals surface area contributed by atoms with E-state index in [0.717, 1.165) is 4.57 Å². The molecule has 122 valence electrons. The lowest BCUT2D eigenvalue weighted by Crippen LogP contribution is -2.44. The summed E-state index contributed by atoms with van der Waals surface area (Å²) >= 11 is 0. The molecule has 0 saturated carbocycles. The van der Waals surface area contributed by atoms with E-state index in [1.807, 2.05) is 0 Å². The highest BCUT2D eigenvalue weighted by Gasteiger charge is 2.30. The quantitative estimate of drug-likeness (QED) is 0.864. The van der Waals surface area contributed by atoms with E-state index in [1.54, 1.807) is 24.3 Å². The molecule has 1 amide bonds. The van der Waals surface area contributed by atoms with Crippen LogP contribution >= 0.6 is 0 Å². The van der Waals surface area contributed by atoms with Crippen LogP contribution in [0.1, 0.15) is 12.4 Å². The SMILES string of the molecule is CN(Cc1nccn1C(F)F)C(=O)C1COc2ccccc2O1. The van der Waals surface area contributed by atoms with E-state index in [9.17, 15) is 13.6 Å². The molecule has 1 aromatic heterocycles. The minimum Gasteiger partial charge on any atom is -0.485 e. The predicted octanol–water partition coefficient (Wildman–Crippen LogP) is 2.08. The lowest BCUT2D eigenvalue weighted by atomic mass is 10.2. The first-order chi connectivity index (χ1) is 11.1. The van der Waals surface area contributed by atoms with Crippen molar-refractivity contribution in [1.29, 1.82) is 0 Å². The number of carbonyl (C=O) groups excluding carboxylic acids is 1. The summed E-state index contributed by atoms with van der Waals surface area (Å²) in [7, 11) is 1.51. The third-order valence-corrected chi connectivity index (χ3v) is 3.50. The molecule has 6 nitrogen and oxygen atoms in total. The molecule has 1 aliphatic heterocycles. The second kappa shape index (κ2) is 6.23. The zero-order chi connectivity index (χ0) is 16.4. The number of halogens is 2. The Hall–Kier alpha value is -2.64. The molecule has 0 fully saturated rings. The van der Waals surface area contributed by atoms with Gasteiger partial charge in [0.1, 0.15) is 12.4 Å². The maximum Gasteiger partial charge on any atom is 0.319 e. The summed E-state index contributed by atoms with van der Waals surface area (Å²) in [6, 6.07) is 7.04. The standard InChI is InChI=1S/C15H15F2N3O3/c1-19(8-13-18-6-7-20(13)15(16)17)14(21)12-9-22-10-4-2-3-5-11(10)23-12/h2-7,12,15H,8-9H2,1H3. The molecule has 23 heavy (non-hydrogen) atoms. The zero-order valence-corrected chi connectivity index (χ0v) is 12.4. The lowest BCUT2D eigenvalue weighted by molar-refractivity contribution is -0.140. The van der Waals surface area contributed by atoms with Crippen molar-refractivity contribution in [1.82, 2.24) is 14.5 Å². The average molecular weight is 323 g/mol. The number of amides is 1. The van der Waals surface area contributed by atoms with Crippen LogP contribution in [-0.2, 0) is 11.3 Å². The van der Waals surface area contributed by atoms with E-state index in [2.05, 4.69) is 4.98 Å². The largest absolute Gasteiger partial charge is 0.485 e. The Bertz CT molecular complexity index is 705. The Labute approximate surface area is 131 Å². The van der Waals surface area contributed by atoms with Crippen LogP contribution in [0.25, 0.3) is 0 Å². The van der Waals surface area contributed by atoms with Gasteiger partial charge < -0.3 is 14.4 Å². The Morgan fingerprint density at radius 2 is 2.17 bits per heavy atom. The Morgan fingerprint density at radius 1 is 1.43 bits per heavy atom. The van der Waals surface area contributed by atoms with Crippen molar-refractivity contribution < 1.29 is 23.0 Å². The normalized spacial score (nSPS) is 16.4. The molecule has 0 radical (unpaired) electrons. The second-order valence-electron chi connectivity index (χ2n) is 5.09. The van der Waals surface area contributed by atoms with Crippen LogP contribution in [0.3, 0.4) is 0 Å². The predicted molar refractivity (Wildman–Crippen MR) is 76.3 cm³/mol. The number of aromatic nitrogens is 2. The molecule has 0 bridgehead atoms. The van der Waals surface area contributed by atoms with Gasteiger partial charge in [-0.25, -0.2) is 4.98 Å². The monoisotopic (exact) mass is 323 g/mol. The summed E-state index contributed by atoms with van der Waals surface area (Å²) in [5.41, 5.74) is 0. The maximum absolute atomic E-state index is 12.8. The van der Waals surface area contributed by atoms with Crippen molar-refractivity contribution in [3.63, 3.8) is 0 Å². The number of para-hydroxylation sites is 2. The summed E-state index contributed by atoms with van der Waals surface area (Å²) < 4.78 is 37.4. The topological polar surface area (TPSA) is 56.6 Å². The summed E-state index contributed by atoms with van der Waals surface area (Å²) in [5, 5.41) is 0. The molecular weight excluding hydrogens is 308 g/mol. The molecule has 3 rings (SSSR count). The number of imidazole rings is 1. The lowest BCUT2D eigenvalue weighted by Gasteiger charge is -2.28. The van der Waals surface area contributed by atoms with E-state index in [-0.39, 0.29) is 24.9 Å². The van der Waals surface area contributed by atoms with Gasteiger partial charge in [-0.15, -0.1) is 0 Å². The number of alkyl halides is 2. The third-order valence-electron chi connectivity index (χ3n) is 3.50. The van der Waals surface area contributed by atoms with E-state index >= 15 is 0 Å². The Balaban J connectivity index is 1.67. The van der Waals surface area contributed by atoms with Crippen molar-refractivity contribution in [2.45, 2.75) is 19.2 Å². The van der Waals surface area contributed by atoms with Crippen LogP contribution in [0.2, 0.25) is 0 Å². The van der Waals surface area contributed by atoms with E-state index in [0.29, 0.717) is 11.5 Å². The third kappa shape index (κ3) is 3.10. The number of carbonyl (C=O) groups is 1. The molecule has 0 saturated heterocycles. The van der Waals surface area contributed by atoms with Gasteiger partial charge in [-0.2, -0.15) is 8.78 Å². The molecule has 1 atom stereocenters. The maximum atomic E-state index is 12.8. The van der Waals surface area contributed by atoms with Gasteiger partial charge in [-0.1, -0.05) is 12.1 Å².